The Labute approximate surface area is 124 Å². The Kier molecular flexibility index (Phi) is 4.80. The molecule has 0 atom stereocenters. The molecule has 0 saturated carbocycles. The highest BCUT2D eigenvalue weighted by molar-refractivity contribution is 6.33. The number of carbonyl (C=O) groups excluding carboxylic acids is 1. The summed E-state index contributed by atoms with van der Waals surface area (Å²) in [4.78, 5) is 11.7. The Balaban J connectivity index is 2.21. The van der Waals surface area contributed by atoms with Gasteiger partial charge in [-0.1, -0.05) is 42.8 Å². The highest BCUT2D eigenvalue weighted by Gasteiger charge is 2.08. The van der Waals surface area contributed by atoms with E-state index < -0.39 is 0 Å². The quantitative estimate of drug-likeness (QED) is 0.749. The largest absolute Gasteiger partial charge is 0.462 e. The molecular weight excluding hydrogens is 272 g/mol. The van der Waals surface area contributed by atoms with Crippen LogP contribution in [0.4, 0.5) is 0 Å². The van der Waals surface area contributed by atoms with E-state index in [1.54, 1.807) is 12.1 Å². The zero-order chi connectivity index (χ0) is 14.5. The highest BCUT2D eigenvalue weighted by Crippen LogP contribution is 2.28. The van der Waals surface area contributed by atoms with Crippen molar-refractivity contribution < 1.29 is 9.53 Å². The summed E-state index contributed by atoms with van der Waals surface area (Å²) >= 11 is 6.24. The molecule has 0 saturated heterocycles. The minimum atomic E-state index is -0.284. The van der Waals surface area contributed by atoms with Crippen LogP contribution in [-0.4, -0.2) is 12.6 Å². The van der Waals surface area contributed by atoms with E-state index in [1.165, 1.54) is 0 Å². The molecule has 0 aromatic heterocycles. The number of halogens is 1. The van der Waals surface area contributed by atoms with Crippen molar-refractivity contribution in [2.45, 2.75) is 20.3 Å². The maximum Gasteiger partial charge on any atom is 0.338 e. The topological polar surface area (TPSA) is 26.3 Å². The van der Waals surface area contributed by atoms with Crippen molar-refractivity contribution in [3.05, 3.63) is 58.6 Å². The van der Waals surface area contributed by atoms with Gasteiger partial charge in [-0.05, 0) is 42.7 Å². The summed E-state index contributed by atoms with van der Waals surface area (Å²) in [6.07, 6.45) is 0.822. The van der Waals surface area contributed by atoms with E-state index in [2.05, 4.69) is 0 Å². The van der Waals surface area contributed by atoms with Gasteiger partial charge in [-0.2, -0.15) is 0 Å². The molecule has 2 aromatic rings. The van der Waals surface area contributed by atoms with Gasteiger partial charge >= 0.3 is 5.97 Å². The lowest BCUT2D eigenvalue weighted by Crippen LogP contribution is -2.05. The first-order valence-corrected chi connectivity index (χ1v) is 7.03. The Morgan fingerprint density at radius 1 is 1.15 bits per heavy atom. The van der Waals surface area contributed by atoms with Crippen molar-refractivity contribution in [3.63, 3.8) is 0 Å². The molecular formula is C17H17ClO2. The summed E-state index contributed by atoms with van der Waals surface area (Å²) in [6.45, 7) is 4.42. The maximum atomic E-state index is 11.7. The Morgan fingerprint density at radius 2 is 1.85 bits per heavy atom. The first-order valence-electron chi connectivity index (χ1n) is 6.65. The minimum absolute atomic E-state index is 0.284. The van der Waals surface area contributed by atoms with Crippen LogP contribution < -0.4 is 0 Å². The van der Waals surface area contributed by atoms with E-state index >= 15 is 0 Å². The average Bonchev–Trinajstić information content (AvgIpc) is 2.45. The SMILES string of the molecule is CCCOC(=O)c1ccc(-c2ccc(C)cc2Cl)cc1. The molecule has 0 aliphatic rings. The van der Waals surface area contributed by atoms with Crippen LogP contribution in [0.1, 0.15) is 29.3 Å². The number of hydrogen-bond acceptors (Lipinski definition) is 2. The van der Waals surface area contributed by atoms with Gasteiger partial charge in [0.25, 0.3) is 0 Å². The predicted molar refractivity (Wildman–Crippen MR) is 82.2 cm³/mol. The van der Waals surface area contributed by atoms with Gasteiger partial charge in [0.15, 0.2) is 0 Å². The van der Waals surface area contributed by atoms with E-state index in [9.17, 15) is 4.79 Å². The van der Waals surface area contributed by atoms with Crippen molar-refractivity contribution in [2.75, 3.05) is 6.61 Å². The summed E-state index contributed by atoms with van der Waals surface area (Å²) < 4.78 is 5.10. The van der Waals surface area contributed by atoms with Gasteiger partial charge in [0.05, 0.1) is 12.2 Å². The van der Waals surface area contributed by atoms with Gasteiger partial charge in [-0.15, -0.1) is 0 Å². The fourth-order valence-corrected chi connectivity index (χ4v) is 2.26. The van der Waals surface area contributed by atoms with E-state index in [-0.39, 0.29) is 5.97 Å². The van der Waals surface area contributed by atoms with Gasteiger partial charge in [-0.3, -0.25) is 0 Å². The van der Waals surface area contributed by atoms with Crippen LogP contribution in [-0.2, 0) is 4.74 Å². The van der Waals surface area contributed by atoms with Crippen LogP contribution in [0.3, 0.4) is 0 Å². The Morgan fingerprint density at radius 3 is 2.45 bits per heavy atom. The molecule has 20 heavy (non-hydrogen) atoms. The zero-order valence-electron chi connectivity index (χ0n) is 11.7. The summed E-state index contributed by atoms with van der Waals surface area (Å²) in [5.41, 5.74) is 3.64. The first-order chi connectivity index (χ1) is 9.61. The third kappa shape index (κ3) is 3.40. The first kappa shape index (κ1) is 14.6. The van der Waals surface area contributed by atoms with Gasteiger partial charge < -0.3 is 4.74 Å². The van der Waals surface area contributed by atoms with E-state index in [1.807, 2.05) is 44.2 Å². The molecule has 2 aromatic carbocycles. The van der Waals surface area contributed by atoms with E-state index in [4.69, 9.17) is 16.3 Å². The highest BCUT2D eigenvalue weighted by atomic mass is 35.5. The molecule has 0 fully saturated rings. The number of hydrogen-bond donors (Lipinski definition) is 0. The predicted octanol–water partition coefficient (Wildman–Crippen LogP) is 4.88. The molecule has 3 heteroatoms. The van der Waals surface area contributed by atoms with Crippen LogP contribution in [0, 0.1) is 6.92 Å². The lowest BCUT2D eigenvalue weighted by Gasteiger charge is -2.07. The maximum absolute atomic E-state index is 11.7. The third-order valence-electron chi connectivity index (χ3n) is 2.99. The minimum Gasteiger partial charge on any atom is -0.462 e. The van der Waals surface area contributed by atoms with Gasteiger partial charge in [0.2, 0.25) is 0 Å². The second kappa shape index (κ2) is 6.58. The number of aryl methyl sites for hydroxylation is 1. The van der Waals surface area contributed by atoms with Crippen LogP contribution in [0.2, 0.25) is 5.02 Å². The molecule has 0 unspecified atom stereocenters. The molecule has 0 aliphatic heterocycles. The standard InChI is InChI=1S/C17H17ClO2/c1-3-10-20-17(19)14-7-5-13(6-8-14)15-9-4-12(2)11-16(15)18/h4-9,11H,3,10H2,1-2H3. The van der Waals surface area contributed by atoms with Crippen molar-refractivity contribution in [1.29, 1.82) is 0 Å². The molecule has 0 spiro atoms. The van der Waals surface area contributed by atoms with Crippen LogP contribution >= 0.6 is 11.6 Å². The number of ether oxygens (including phenoxy) is 1. The lowest BCUT2D eigenvalue weighted by atomic mass is 10.0. The smallest absolute Gasteiger partial charge is 0.338 e. The summed E-state index contributed by atoms with van der Waals surface area (Å²) in [5, 5.41) is 0.714. The Hall–Kier alpha value is -1.80. The molecule has 0 radical (unpaired) electrons. The number of rotatable bonds is 4. The fraction of sp³-hybridized carbons (Fsp3) is 0.235. The molecule has 0 amide bonds. The van der Waals surface area contributed by atoms with Crippen molar-refractivity contribution in [1.82, 2.24) is 0 Å². The average molecular weight is 289 g/mol. The molecule has 0 heterocycles. The normalized spacial score (nSPS) is 10.3. The van der Waals surface area contributed by atoms with Crippen LogP contribution in [0.15, 0.2) is 42.5 Å². The van der Waals surface area contributed by atoms with Crippen molar-refractivity contribution >= 4 is 17.6 Å². The van der Waals surface area contributed by atoms with Gasteiger partial charge in [0.1, 0.15) is 0 Å². The lowest BCUT2D eigenvalue weighted by molar-refractivity contribution is 0.0505. The number of carbonyl (C=O) groups is 1. The van der Waals surface area contributed by atoms with E-state index in [0.717, 1.165) is 23.1 Å². The van der Waals surface area contributed by atoms with Crippen LogP contribution in [0.25, 0.3) is 11.1 Å². The fourth-order valence-electron chi connectivity index (χ4n) is 1.92. The summed E-state index contributed by atoms with van der Waals surface area (Å²) in [5.74, 6) is -0.284. The third-order valence-corrected chi connectivity index (χ3v) is 3.31. The monoisotopic (exact) mass is 288 g/mol. The van der Waals surface area contributed by atoms with E-state index in [0.29, 0.717) is 17.2 Å². The van der Waals surface area contributed by atoms with Gasteiger partial charge in [-0.25, -0.2) is 4.79 Å². The Bertz CT molecular complexity index is 603. The van der Waals surface area contributed by atoms with Gasteiger partial charge in [0, 0.05) is 10.6 Å². The van der Waals surface area contributed by atoms with Crippen LogP contribution in [0.5, 0.6) is 0 Å². The van der Waals surface area contributed by atoms with Crippen molar-refractivity contribution in [3.8, 4) is 11.1 Å². The summed E-state index contributed by atoms with van der Waals surface area (Å²) in [6, 6.07) is 13.2. The molecule has 2 rings (SSSR count). The van der Waals surface area contributed by atoms with Crippen molar-refractivity contribution in [2.24, 2.45) is 0 Å². The number of esters is 1. The summed E-state index contributed by atoms with van der Waals surface area (Å²) in [7, 11) is 0. The second-order valence-electron chi connectivity index (χ2n) is 4.70. The number of benzene rings is 2. The molecule has 0 N–H and O–H groups in total. The molecule has 0 aliphatic carbocycles. The zero-order valence-corrected chi connectivity index (χ0v) is 12.4. The molecule has 104 valence electrons. The second-order valence-corrected chi connectivity index (χ2v) is 5.10. The molecule has 2 nitrogen and oxygen atoms in total. The molecule has 0 bridgehead atoms.